The third kappa shape index (κ3) is 3.57. The van der Waals surface area contributed by atoms with Gasteiger partial charge in [-0.05, 0) is 22.9 Å². The fraction of sp³-hybridized carbons (Fsp3) is 0.462. The number of aromatic nitrogens is 4. The van der Waals surface area contributed by atoms with Crippen molar-refractivity contribution in [3.63, 3.8) is 0 Å². The summed E-state index contributed by atoms with van der Waals surface area (Å²) >= 11 is 2.84. The number of halogens is 4. The summed E-state index contributed by atoms with van der Waals surface area (Å²) in [6.07, 6.45) is -1.23. The van der Waals surface area contributed by atoms with Crippen LogP contribution in [0.4, 0.5) is 13.2 Å². The zero-order valence-electron chi connectivity index (χ0n) is 12.7. The van der Waals surface area contributed by atoms with Crippen molar-refractivity contribution >= 4 is 21.8 Å². The Labute approximate surface area is 139 Å². The maximum Gasteiger partial charge on any atom is 0.436 e. The highest BCUT2D eigenvalue weighted by Gasteiger charge is 2.39. The number of rotatable bonds is 4. The van der Waals surface area contributed by atoms with Crippen LogP contribution in [-0.4, -0.2) is 37.4 Å². The van der Waals surface area contributed by atoms with E-state index in [9.17, 15) is 18.0 Å². The molecule has 0 saturated carbocycles. The van der Waals surface area contributed by atoms with Crippen molar-refractivity contribution < 1.29 is 18.0 Å². The Morgan fingerprint density at radius 1 is 1.43 bits per heavy atom. The lowest BCUT2D eigenvalue weighted by Gasteiger charge is -2.16. The molecule has 0 aromatic carbocycles. The lowest BCUT2D eigenvalue weighted by molar-refractivity contribution is -0.142. The molecule has 0 fully saturated rings. The number of carbonyl (C=O) groups is 1. The fourth-order valence-electron chi connectivity index (χ4n) is 2.10. The molecule has 0 atom stereocenters. The molecule has 0 radical (unpaired) electrons. The summed E-state index contributed by atoms with van der Waals surface area (Å²) in [5.74, 6) is -0.563. The monoisotopic (exact) mass is 393 g/mol. The van der Waals surface area contributed by atoms with Crippen LogP contribution in [0.2, 0.25) is 0 Å². The summed E-state index contributed by atoms with van der Waals surface area (Å²) in [4.78, 5) is 13.8. The van der Waals surface area contributed by atoms with Crippen LogP contribution in [0, 0.1) is 0 Å². The van der Waals surface area contributed by atoms with Crippen LogP contribution in [0.25, 0.3) is 0 Å². The second-order valence-electron chi connectivity index (χ2n) is 5.00. The summed E-state index contributed by atoms with van der Waals surface area (Å²) in [6.45, 7) is 2.86. The number of carbonyl (C=O) groups excluding carboxylic acids is 1. The number of hydrogen-bond donors (Lipinski definition) is 0. The molecule has 0 saturated heterocycles. The van der Waals surface area contributed by atoms with E-state index in [1.165, 1.54) is 19.0 Å². The Morgan fingerprint density at radius 3 is 2.57 bits per heavy atom. The van der Waals surface area contributed by atoms with Gasteiger partial charge in [-0.25, -0.2) is 0 Å². The van der Waals surface area contributed by atoms with E-state index in [-0.39, 0.29) is 16.7 Å². The lowest BCUT2D eigenvalue weighted by Crippen LogP contribution is -2.28. The second-order valence-corrected chi connectivity index (χ2v) is 5.79. The quantitative estimate of drug-likeness (QED) is 0.802. The normalized spacial score (nSPS) is 11.8. The largest absolute Gasteiger partial charge is 0.436 e. The zero-order valence-corrected chi connectivity index (χ0v) is 14.3. The molecule has 0 N–H and O–H groups in total. The maximum atomic E-state index is 12.9. The van der Waals surface area contributed by atoms with E-state index in [0.717, 1.165) is 10.2 Å². The molecule has 10 heteroatoms. The second kappa shape index (κ2) is 6.34. The van der Waals surface area contributed by atoms with Gasteiger partial charge in [-0.1, -0.05) is 0 Å². The third-order valence-corrected chi connectivity index (χ3v) is 3.99. The van der Waals surface area contributed by atoms with Gasteiger partial charge in [0.2, 0.25) is 0 Å². The van der Waals surface area contributed by atoms with Crippen molar-refractivity contribution in [2.75, 3.05) is 7.05 Å². The van der Waals surface area contributed by atoms with Crippen LogP contribution in [0.1, 0.15) is 28.7 Å². The first-order chi connectivity index (χ1) is 10.6. The van der Waals surface area contributed by atoms with E-state index in [1.807, 2.05) is 6.92 Å². The summed E-state index contributed by atoms with van der Waals surface area (Å²) in [7, 11) is 2.81. The van der Waals surface area contributed by atoms with E-state index in [2.05, 4.69) is 26.1 Å². The standard InChI is InChI=1S/C13H15BrF3N5O/c1-4-22-7-8(5-18-22)6-20(2)12(23)10-9(14)11(13(15,16)17)19-21(10)3/h5,7H,4,6H2,1-3H3. The molecule has 0 bridgehead atoms. The molecule has 2 heterocycles. The average molecular weight is 394 g/mol. The topological polar surface area (TPSA) is 56.0 Å². The minimum absolute atomic E-state index is 0.150. The molecule has 0 aliphatic heterocycles. The van der Waals surface area contributed by atoms with Gasteiger partial charge >= 0.3 is 6.18 Å². The van der Waals surface area contributed by atoms with Crippen molar-refractivity contribution in [3.05, 3.63) is 33.8 Å². The van der Waals surface area contributed by atoms with Crippen LogP contribution >= 0.6 is 15.9 Å². The van der Waals surface area contributed by atoms with Gasteiger partial charge < -0.3 is 4.90 Å². The molecule has 6 nitrogen and oxygen atoms in total. The fourth-order valence-corrected chi connectivity index (χ4v) is 2.83. The maximum absolute atomic E-state index is 12.9. The van der Waals surface area contributed by atoms with E-state index in [1.54, 1.807) is 17.1 Å². The van der Waals surface area contributed by atoms with E-state index < -0.39 is 17.8 Å². The van der Waals surface area contributed by atoms with Crippen LogP contribution in [0.3, 0.4) is 0 Å². The molecule has 2 rings (SSSR count). The van der Waals surface area contributed by atoms with Crippen molar-refractivity contribution in [1.82, 2.24) is 24.5 Å². The summed E-state index contributed by atoms with van der Waals surface area (Å²) in [5.41, 5.74) is -0.477. The number of hydrogen-bond acceptors (Lipinski definition) is 3. The predicted octanol–water partition coefficient (Wildman–Crippen LogP) is 2.69. The molecule has 0 spiro atoms. The van der Waals surface area contributed by atoms with Crippen LogP contribution in [0.15, 0.2) is 16.9 Å². The molecule has 2 aromatic rings. The molecular weight excluding hydrogens is 379 g/mol. The van der Waals surface area contributed by atoms with Crippen molar-refractivity contribution in [1.29, 1.82) is 0 Å². The van der Waals surface area contributed by atoms with Gasteiger partial charge in [0.15, 0.2) is 5.69 Å². The number of aryl methyl sites for hydroxylation is 2. The van der Waals surface area contributed by atoms with Crippen LogP contribution in [0.5, 0.6) is 0 Å². The highest BCUT2D eigenvalue weighted by molar-refractivity contribution is 9.10. The highest BCUT2D eigenvalue weighted by atomic mass is 79.9. The Morgan fingerprint density at radius 2 is 2.09 bits per heavy atom. The highest BCUT2D eigenvalue weighted by Crippen LogP contribution is 2.35. The Hall–Kier alpha value is -1.84. The van der Waals surface area contributed by atoms with Gasteiger partial charge in [-0.3, -0.25) is 14.2 Å². The third-order valence-electron chi connectivity index (χ3n) is 3.24. The van der Waals surface area contributed by atoms with Gasteiger partial charge in [-0.15, -0.1) is 0 Å². The smallest absolute Gasteiger partial charge is 0.336 e. The molecule has 1 amide bonds. The molecular formula is C13H15BrF3N5O. The van der Waals surface area contributed by atoms with Crippen LogP contribution in [-0.2, 0) is 26.3 Å². The minimum atomic E-state index is -4.63. The average Bonchev–Trinajstić information content (AvgIpc) is 3.02. The molecule has 126 valence electrons. The SMILES string of the molecule is CCn1cc(CN(C)C(=O)c2c(Br)c(C(F)(F)F)nn2C)cn1. The van der Waals surface area contributed by atoms with Crippen molar-refractivity contribution in [2.45, 2.75) is 26.2 Å². The van der Waals surface area contributed by atoms with Gasteiger partial charge in [0.25, 0.3) is 5.91 Å². The summed E-state index contributed by atoms with van der Waals surface area (Å²) < 4.78 is 40.8. The molecule has 2 aromatic heterocycles. The van der Waals surface area contributed by atoms with E-state index in [4.69, 9.17) is 0 Å². The number of alkyl halides is 3. The first-order valence-corrected chi connectivity index (χ1v) is 7.51. The lowest BCUT2D eigenvalue weighted by atomic mass is 10.3. The van der Waals surface area contributed by atoms with Gasteiger partial charge in [-0.2, -0.15) is 23.4 Å². The van der Waals surface area contributed by atoms with E-state index >= 15 is 0 Å². The summed E-state index contributed by atoms with van der Waals surface area (Å²) in [6, 6.07) is 0. The molecule has 0 aliphatic carbocycles. The minimum Gasteiger partial charge on any atom is -0.336 e. The zero-order chi connectivity index (χ0) is 17.4. The Balaban J connectivity index is 2.24. The van der Waals surface area contributed by atoms with Crippen molar-refractivity contribution in [2.24, 2.45) is 7.05 Å². The number of amides is 1. The van der Waals surface area contributed by atoms with Gasteiger partial charge in [0, 0.05) is 38.9 Å². The van der Waals surface area contributed by atoms with Gasteiger partial charge in [0.05, 0.1) is 10.7 Å². The molecule has 0 aliphatic rings. The number of nitrogens with zero attached hydrogens (tertiary/aromatic N) is 5. The Bertz CT molecular complexity index is 722. The first-order valence-electron chi connectivity index (χ1n) is 6.71. The molecule has 23 heavy (non-hydrogen) atoms. The van der Waals surface area contributed by atoms with E-state index in [0.29, 0.717) is 6.54 Å². The molecule has 0 unspecified atom stereocenters. The summed E-state index contributed by atoms with van der Waals surface area (Å²) in [5, 5.41) is 7.48. The van der Waals surface area contributed by atoms with Crippen LogP contribution < -0.4 is 0 Å². The van der Waals surface area contributed by atoms with Crippen molar-refractivity contribution in [3.8, 4) is 0 Å². The predicted molar refractivity (Wildman–Crippen MR) is 79.6 cm³/mol. The van der Waals surface area contributed by atoms with Gasteiger partial charge in [0.1, 0.15) is 5.69 Å². The first kappa shape index (κ1) is 17.5. The Kier molecular flexibility index (Phi) is 4.83.